The van der Waals surface area contributed by atoms with Gasteiger partial charge < -0.3 is 9.64 Å². The fourth-order valence-electron chi connectivity index (χ4n) is 3.80. The molecule has 2 atom stereocenters. The third-order valence-corrected chi connectivity index (χ3v) is 5.89. The second-order valence-electron chi connectivity index (χ2n) is 6.68. The van der Waals surface area contributed by atoms with Gasteiger partial charge in [0.25, 0.3) is 0 Å². The van der Waals surface area contributed by atoms with Gasteiger partial charge in [-0.25, -0.2) is 0 Å². The number of rotatable bonds is 5. The standard InChI is InChI=1S/C18H23N3O2S/c22-18(15-6-1-7-17-16(15)10-19-20-17)21(11-13-4-2-8-23-13)12-14-5-3-9-24-14/h3,5,9-10,13,15H,1-2,4,6-8,11-12H2,(H,19,20)/t13-,15-/m0/s1. The number of aromatic nitrogens is 2. The number of nitrogens with one attached hydrogen (secondary N) is 1. The van der Waals surface area contributed by atoms with E-state index in [1.165, 1.54) is 4.88 Å². The fraction of sp³-hybridized carbons (Fsp3) is 0.556. The molecule has 1 fully saturated rings. The van der Waals surface area contributed by atoms with E-state index in [9.17, 15) is 4.79 Å². The van der Waals surface area contributed by atoms with Gasteiger partial charge in [0.15, 0.2) is 0 Å². The molecule has 0 aromatic carbocycles. The highest BCUT2D eigenvalue weighted by Crippen LogP contribution is 2.32. The average molecular weight is 345 g/mol. The predicted octanol–water partition coefficient (Wildman–Crippen LogP) is 3.10. The monoisotopic (exact) mass is 345 g/mol. The highest BCUT2D eigenvalue weighted by Gasteiger charge is 2.33. The molecule has 2 aromatic rings. The third kappa shape index (κ3) is 3.26. The van der Waals surface area contributed by atoms with Crippen molar-refractivity contribution in [2.75, 3.05) is 13.2 Å². The predicted molar refractivity (Wildman–Crippen MR) is 93.0 cm³/mol. The van der Waals surface area contributed by atoms with Gasteiger partial charge in [0.2, 0.25) is 5.91 Å². The lowest BCUT2D eigenvalue weighted by Crippen LogP contribution is -2.40. The molecular formula is C18H23N3O2S. The smallest absolute Gasteiger partial charge is 0.230 e. The summed E-state index contributed by atoms with van der Waals surface area (Å²) in [6, 6.07) is 4.15. The van der Waals surface area contributed by atoms with Gasteiger partial charge in [-0.05, 0) is 43.6 Å². The molecule has 0 unspecified atom stereocenters. The van der Waals surface area contributed by atoms with E-state index in [4.69, 9.17) is 4.74 Å². The summed E-state index contributed by atoms with van der Waals surface area (Å²) < 4.78 is 5.79. The van der Waals surface area contributed by atoms with E-state index < -0.39 is 0 Å². The zero-order chi connectivity index (χ0) is 16.4. The summed E-state index contributed by atoms with van der Waals surface area (Å²) in [5.74, 6) is 0.162. The van der Waals surface area contributed by atoms with Crippen molar-refractivity contribution in [3.8, 4) is 0 Å². The molecule has 2 aromatic heterocycles. The first-order chi connectivity index (χ1) is 11.8. The van der Waals surface area contributed by atoms with Crippen LogP contribution >= 0.6 is 11.3 Å². The largest absolute Gasteiger partial charge is 0.376 e. The van der Waals surface area contributed by atoms with Gasteiger partial charge in [0.05, 0.1) is 24.8 Å². The average Bonchev–Trinajstić information content (AvgIpc) is 3.35. The summed E-state index contributed by atoms with van der Waals surface area (Å²) in [7, 11) is 0. The molecule has 1 aliphatic heterocycles. The molecule has 0 radical (unpaired) electrons. The van der Waals surface area contributed by atoms with Crippen molar-refractivity contribution in [3.05, 3.63) is 39.8 Å². The molecule has 0 bridgehead atoms. The molecule has 128 valence electrons. The maximum Gasteiger partial charge on any atom is 0.230 e. The number of carbonyl (C=O) groups excluding carboxylic acids is 1. The number of aromatic amines is 1. The van der Waals surface area contributed by atoms with Crippen LogP contribution in [-0.4, -0.2) is 40.3 Å². The van der Waals surface area contributed by atoms with Gasteiger partial charge in [-0.2, -0.15) is 5.10 Å². The summed E-state index contributed by atoms with van der Waals surface area (Å²) >= 11 is 1.71. The van der Waals surface area contributed by atoms with E-state index in [-0.39, 0.29) is 17.9 Å². The molecule has 1 amide bonds. The lowest BCUT2D eigenvalue weighted by molar-refractivity contribution is -0.135. The first kappa shape index (κ1) is 15.8. The van der Waals surface area contributed by atoms with Crippen molar-refractivity contribution in [1.82, 2.24) is 15.1 Å². The second-order valence-corrected chi connectivity index (χ2v) is 7.71. The Morgan fingerprint density at radius 1 is 1.42 bits per heavy atom. The summed E-state index contributed by atoms with van der Waals surface area (Å²) in [6.07, 6.45) is 7.12. The summed E-state index contributed by atoms with van der Waals surface area (Å²) in [4.78, 5) is 16.5. The third-order valence-electron chi connectivity index (χ3n) is 5.03. The van der Waals surface area contributed by atoms with Crippen LogP contribution in [-0.2, 0) is 22.5 Å². The number of hydrogen-bond donors (Lipinski definition) is 1. The molecule has 24 heavy (non-hydrogen) atoms. The lowest BCUT2D eigenvalue weighted by Gasteiger charge is -2.30. The van der Waals surface area contributed by atoms with Crippen LogP contribution in [0.5, 0.6) is 0 Å². The zero-order valence-corrected chi connectivity index (χ0v) is 14.6. The summed E-state index contributed by atoms with van der Waals surface area (Å²) in [5, 5.41) is 9.28. The van der Waals surface area contributed by atoms with E-state index in [2.05, 4.69) is 21.6 Å². The number of hydrogen-bond acceptors (Lipinski definition) is 4. The Labute approximate surface area is 146 Å². The second kappa shape index (κ2) is 7.07. The first-order valence-electron chi connectivity index (χ1n) is 8.76. The van der Waals surface area contributed by atoms with E-state index in [0.717, 1.165) is 50.0 Å². The van der Waals surface area contributed by atoms with Gasteiger partial charge in [-0.1, -0.05) is 6.07 Å². The topological polar surface area (TPSA) is 58.2 Å². The molecule has 3 heterocycles. The number of ether oxygens (including phenoxy) is 1. The van der Waals surface area contributed by atoms with Gasteiger partial charge in [-0.15, -0.1) is 11.3 Å². The Bertz CT molecular complexity index is 676. The van der Waals surface area contributed by atoms with E-state index >= 15 is 0 Å². The van der Waals surface area contributed by atoms with E-state index in [0.29, 0.717) is 13.1 Å². The number of fused-ring (bicyclic) bond motifs is 1. The number of nitrogens with zero attached hydrogens (tertiary/aromatic N) is 2. The van der Waals surface area contributed by atoms with Gasteiger partial charge in [0, 0.05) is 29.3 Å². The highest BCUT2D eigenvalue weighted by molar-refractivity contribution is 7.09. The summed E-state index contributed by atoms with van der Waals surface area (Å²) in [5.41, 5.74) is 2.22. The van der Waals surface area contributed by atoms with E-state index in [1.807, 2.05) is 17.2 Å². The van der Waals surface area contributed by atoms with Crippen molar-refractivity contribution in [2.24, 2.45) is 0 Å². The van der Waals surface area contributed by atoms with Crippen molar-refractivity contribution >= 4 is 17.2 Å². The molecule has 5 nitrogen and oxygen atoms in total. The molecule has 2 aliphatic rings. The minimum absolute atomic E-state index is 0.0612. The molecule has 4 rings (SSSR count). The van der Waals surface area contributed by atoms with Crippen molar-refractivity contribution in [1.29, 1.82) is 0 Å². The zero-order valence-electron chi connectivity index (χ0n) is 13.7. The van der Waals surface area contributed by atoms with Crippen LogP contribution < -0.4 is 0 Å². The Kier molecular flexibility index (Phi) is 4.67. The number of aryl methyl sites for hydroxylation is 1. The quantitative estimate of drug-likeness (QED) is 0.906. The van der Waals surface area contributed by atoms with Crippen molar-refractivity contribution in [3.63, 3.8) is 0 Å². The van der Waals surface area contributed by atoms with Crippen LogP contribution in [0.2, 0.25) is 0 Å². The molecular weight excluding hydrogens is 322 g/mol. The van der Waals surface area contributed by atoms with Crippen LogP contribution in [0, 0.1) is 0 Å². The lowest BCUT2D eigenvalue weighted by atomic mass is 9.86. The molecule has 1 N–H and O–H groups in total. The van der Waals surface area contributed by atoms with Crippen molar-refractivity contribution in [2.45, 2.75) is 50.7 Å². The maximum absolute atomic E-state index is 13.3. The van der Waals surface area contributed by atoms with Crippen LogP contribution in [0.1, 0.15) is 47.7 Å². The molecule has 6 heteroatoms. The number of carbonyl (C=O) groups is 1. The van der Waals surface area contributed by atoms with Gasteiger partial charge in [-0.3, -0.25) is 9.89 Å². The van der Waals surface area contributed by atoms with Crippen molar-refractivity contribution < 1.29 is 9.53 Å². The minimum Gasteiger partial charge on any atom is -0.376 e. The van der Waals surface area contributed by atoms with Crippen LogP contribution in [0.25, 0.3) is 0 Å². The Balaban J connectivity index is 1.54. The number of thiophene rings is 1. The molecule has 0 spiro atoms. The maximum atomic E-state index is 13.3. The molecule has 0 saturated carbocycles. The van der Waals surface area contributed by atoms with Crippen LogP contribution in [0.3, 0.4) is 0 Å². The van der Waals surface area contributed by atoms with Gasteiger partial charge in [0.1, 0.15) is 0 Å². The molecule has 1 saturated heterocycles. The molecule has 1 aliphatic carbocycles. The number of H-pyrrole nitrogens is 1. The minimum atomic E-state index is -0.0612. The Morgan fingerprint density at radius 2 is 2.38 bits per heavy atom. The Hall–Kier alpha value is -1.66. The highest BCUT2D eigenvalue weighted by atomic mass is 32.1. The number of amides is 1. The normalized spacial score (nSPS) is 23.2. The Morgan fingerprint density at radius 3 is 3.17 bits per heavy atom. The SMILES string of the molecule is O=C([C@H]1CCCc2[nH]ncc21)N(Cc1cccs1)C[C@@H]1CCCO1. The van der Waals surface area contributed by atoms with Crippen LogP contribution in [0.4, 0.5) is 0 Å². The first-order valence-corrected chi connectivity index (χ1v) is 9.64. The van der Waals surface area contributed by atoms with Gasteiger partial charge >= 0.3 is 0 Å². The van der Waals surface area contributed by atoms with E-state index in [1.54, 1.807) is 11.3 Å². The fourth-order valence-corrected chi connectivity index (χ4v) is 4.51. The summed E-state index contributed by atoms with van der Waals surface area (Å²) in [6.45, 7) is 2.20. The van der Waals surface area contributed by atoms with Crippen LogP contribution in [0.15, 0.2) is 23.7 Å².